The lowest BCUT2D eigenvalue weighted by Gasteiger charge is -2.53. The van der Waals surface area contributed by atoms with Gasteiger partial charge in [0.05, 0.1) is 25.2 Å². The number of ketones is 1. The first-order valence-electron chi connectivity index (χ1n) is 24.6. The summed E-state index contributed by atoms with van der Waals surface area (Å²) in [7, 11) is 0. The van der Waals surface area contributed by atoms with E-state index in [1.54, 1.807) is 0 Å². The highest BCUT2D eigenvalue weighted by atomic mass is 16.6. The Morgan fingerprint density at radius 2 is 1.05 bits per heavy atom. The number of aliphatic hydroxyl groups excluding tert-OH is 3. The molecule has 12 heteroatoms. The van der Waals surface area contributed by atoms with Crippen molar-refractivity contribution in [2.75, 3.05) is 13.2 Å². The molecule has 1 rings (SSSR count). The van der Waals surface area contributed by atoms with E-state index in [1.807, 2.05) is 13.8 Å². The summed E-state index contributed by atoms with van der Waals surface area (Å²) in [6.45, 7) is 7.62. The number of unbranched alkanes of at least 4 members (excludes halogenated alkanes) is 25. The number of carbonyl (C=O) groups excluding carboxylic acids is 3. The fraction of sp³-hybridized carbons (Fsp3) is 0.917. The van der Waals surface area contributed by atoms with Crippen LogP contribution in [0.25, 0.3) is 0 Å². The zero-order valence-corrected chi connectivity index (χ0v) is 38.7. The molecule has 0 aliphatic carbocycles. The SMILES string of the molecule is CCCCCCCCCCCCCCCCCC(=O)N(CCCCCCCCCCCCCC)[C@]1(N)O[C@H](CO)[C@@H](O)[C@H](O)[C@H]1C(=O)[C@H](CC(C)C)NC(=O)CCC(=O)O. The molecule has 6 atom stereocenters. The van der Waals surface area contributed by atoms with Crippen molar-refractivity contribution in [3.05, 3.63) is 0 Å². The summed E-state index contributed by atoms with van der Waals surface area (Å²) < 4.78 is 6.16. The highest BCUT2D eigenvalue weighted by molar-refractivity contribution is 5.93. The summed E-state index contributed by atoms with van der Waals surface area (Å²) in [6, 6.07) is -1.20. The maximum atomic E-state index is 14.5. The average Bonchev–Trinajstić information content (AvgIpc) is 3.21. The van der Waals surface area contributed by atoms with Crippen molar-refractivity contribution in [2.45, 2.75) is 257 Å². The minimum Gasteiger partial charge on any atom is -0.481 e. The van der Waals surface area contributed by atoms with Gasteiger partial charge in [0, 0.05) is 19.4 Å². The monoisotopic (exact) mass is 854 g/mol. The van der Waals surface area contributed by atoms with Gasteiger partial charge in [-0.3, -0.25) is 24.9 Å². The normalized spacial score (nSPS) is 20.9. The van der Waals surface area contributed by atoms with Crippen LogP contribution in [-0.2, 0) is 23.9 Å². The van der Waals surface area contributed by atoms with Crippen LogP contribution in [0, 0.1) is 11.8 Å². The van der Waals surface area contributed by atoms with Gasteiger partial charge in [0.15, 0.2) is 5.78 Å². The van der Waals surface area contributed by atoms with E-state index in [1.165, 1.54) is 120 Å². The van der Waals surface area contributed by atoms with Gasteiger partial charge in [-0.15, -0.1) is 0 Å². The molecular formula is C48H91N3O9. The third-order valence-corrected chi connectivity index (χ3v) is 12.2. The standard InChI is InChI=1S/C48H91N3O9/c1-5-7-9-11-13-15-17-19-20-21-22-24-26-28-30-32-42(54)51(35-31-29-27-25-23-18-16-14-12-10-8-6-2)48(49)44(47(59)46(58)40(37-52)60-48)45(57)39(36-38(3)4)50-41(53)33-34-43(55)56/h38-40,44,46-47,52,58-59H,5-37,49H2,1-4H3,(H,50,53)(H,55,56)/t39-,40+,44+,46+,47+,48-/m0/s1. The van der Waals surface area contributed by atoms with Crippen LogP contribution in [0.15, 0.2) is 0 Å². The molecule has 1 aliphatic rings. The van der Waals surface area contributed by atoms with Gasteiger partial charge in [-0.1, -0.05) is 188 Å². The molecule has 0 unspecified atom stereocenters. The summed E-state index contributed by atoms with van der Waals surface area (Å²) >= 11 is 0. The first-order valence-corrected chi connectivity index (χ1v) is 24.6. The number of hydrogen-bond acceptors (Lipinski definition) is 9. The van der Waals surface area contributed by atoms with Crippen molar-refractivity contribution in [3.63, 3.8) is 0 Å². The number of carboxylic acid groups (broad SMARTS) is 1. The summed E-state index contributed by atoms with van der Waals surface area (Å²) in [6.07, 6.45) is 26.0. The maximum Gasteiger partial charge on any atom is 0.303 e. The number of nitrogens with one attached hydrogen (secondary N) is 1. The number of aliphatic hydroxyl groups is 3. The number of amides is 2. The molecule has 0 saturated carbocycles. The van der Waals surface area contributed by atoms with Crippen LogP contribution in [0.5, 0.6) is 0 Å². The molecule has 1 heterocycles. The topological polar surface area (TPSA) is 200 Å². The Hall–Kier alpha value is -2.12. The number of nitrogens with zero attached hydrogens (tertiary/aromatic N) is 1. The highest BCUT2D eigenvalue weighted by Crippen LogP contribution is 2.37. The first kappa shape index (κ1) is 55.9. The number of rotatable bonds is 39. The van der Waals surface area contributed by atoms with E-state index in [0.29, 0.717) is 12.8 Å². The fourth-order valence-electron chi connectivity index (χ4n) is 8.61. The van der Waals surface area contributed by atoms with Crippen LogP contribution in [-0.4, -0.2) is 92.2 Å². The summed E-state index contributed by atoms with van der Waals surface area (Å²) in [5, 5.41) is 44.6. The van der Waals surface area contributed by atoms with Crippen LogP contribution in [0.1, 0.15) is 227 Å². The Kier molecular flexibility index (Phi) is 32.0. The third kappa shape index (κ3) is 23.4. The maximum absolute atomic E-state index is 14.5. The lowest BCUT2D eigenvalue weighted by Crippen LogP contribution is -2.76. The molecule has 0 aromatic carbocycles. The molecule has 0 spiro atoms. The van der Waals surface area contributed by atoms with Gasteiger partial charge < -0.3 is 35.4 Å². The molecule has 0 bridgehead atoms. The molecule has 60 heavy (non-hydrogen) atoms. The molecule has 7 N–H and O–H groups in total. The van der Waals surface area contributed by atoms with Gasteiger partial charge in [-0.2, -0.15) is 0 Å². The number of ether oxygens (including phenoxy) is 1. The summed E-state index contributed by atoms with van der Waals surface area (Å²) in [5.41, 5.74) is 7.05. The highest BCUT2D eigenvalue weighted by Gasteiger charge is 2.59. The first-order chi connectivity index (χ1) is 28.8. The molecule has 12 nitrogen and oxygen atoms in total. The number of Topliss-reactive ketones (excluding diaryl/α,β-unsaturated/α-hetero) is 1. The van der Waals surface area contributed by atoms with E-state index in [9.17, 15) is 34.5 Å². The summed E-state index contributed by atoms with van der Waals surface area (Å²) in [4.78, 5) is 54.1. The van der Waals surface area contributed by atoms with Crippen molar-refractivity contribution in [1.82, 2.24) is 10.2 Å². The van der Waals surface area contributed by atoms with Gasteiger partial charge in [-0.05, 0) is 25.2 Å². The van der Waals surface area contributed by atoms with E-state index in [4.69, 9.17) is 15.6 Å². The van der Waals surface area contributed by atoms with Gasteiger partial charge in [0.1, 0.15) is 18.1 Å². The van der Waals surface area contributed by atoms with Gasteiger partial charge in [0.25, 0.3) is 0 Å². The van der Waals surface area contributed by atoms with Gasteiger partial charge >= 0.3 is 5.97 Å². The molecule has 1 fully saturated rings. The zero-order chi connectivity index (χ0) is 44.6. The lowest BCUT2D eigenvalue weighted by molar-refractivity contribution is -0.292. The van der Waals surface area contributed by atoms with Crippen molar-refractivity contribution >= 4 is 23.6 Å². The Morgan fingerprint density at radius 1 is 0.633 bits per heavy atom. The molecule has 0 aromatic heterocycles. The molecule has 352 valence electrons. The van der Waals surface area contributed by atoms with Crippen LogP contribution in [0.4, 0.5) is 0 Å². The predicted molar refractivity (Wildman–Crippen MR) is 240 cm³/mol. The number of hydrogen-bond donors (Lipinski definition) is 6. The molecule has 0 aromatic rings. The Morgan fingerprint density at radius 3 is 1.45 bits per heavy atom. The smallest absolute Gasteiger partial charge is 0.303 e. The van der Waals surface area contributed by atoms with E-state index < -0.39 is 66.8 Å². The quantitative estimate of drug-likeness (QED) is 0.0256. The number of carboxylic acids is 1. The second-order valence-electron chi connectivity index (χ2n) is 18.2. The van der Waals surface area contributed by atoms with E-state index in [0.717, 1.165) is 44.9 Å². The lowest BCUT2D eigenvalue weighted by atomic mass is 9.79. The predicted octanol–water partition coefficient (Wildman–Crippen LogP) is 9.08. The Balaban J connectivity index is 3.05. The molecule has 1 saturated heterocycles. The van der Waals surface area contributed by atoms with Gasteiger partial charge in [0.2, 0.25) is 17.7 Å². The Bertz CT molecular complexity index is 1140. The van der Waals surface area contributed by atoms with Crippen LogP contribution < -0.4 is 11.1 Å². The second-order valence-corrected chi connectivity index (χ2v) is 18.2. The van der Waals surface area contributed by atoms with E-state index in [2.05, 4.69) is 19.2 Å². The van der Waals surface area contributed by atoms with Crippen LogP contribution in [0.2, 0.25) is 0 Å². The van der Waals surface area contributed by atoms with Crippen molar-refractivity contribution < 1.29 is 44.3 Å². The molecule has 2 amide bonds. The average molecular weight is 854 g/mol. The molecule has 0 radical (unpaired) electrons. The number of carbonyl (C=O) groups is 4. The van der Waals surface area contributed by atoms with Crippen LogP contribution >= 0.6 is 0 Å². The second kappa shape index (κ2) is 34.4. The summed E-state index contributed by atoms with van der Waals surface area (Å²) in [5.74, 6) is -6.87. The molecular weight excluding hydrogens is 763 g/mol. The minimum atomic E-state index is -2.23. The zero-order valence-electron chi connectivity index (χ0n) is 38.7. The number of nitrogens with two attached hydrogens (primary N) is 1. The van der Waals surface area contributed by atoms with E-state index >= 15 is 0 Å². The Labute approximate surface area is 364 Å². The van der Waals surface area contributed by atoms with E-state index in [-0.39, 0.29) is 37.6 Å². The van der Waals surface area contributed by atoms with Crippen molar-refractivity contribution in [3.8, 4) is 0 Å². The van der Waals surface area contributed by atoms with Crippen molar-refractivity contribution in [2.24, 2.45) is 17.6 Å². The minimum absolute atomic E-state index is 0.105. The third-order valence-electron chi connectivity index (χ3n) is 12.2. The fourth-order valence-corrected chi connectivity index (χ4v) is 8.61. The van der Waals surface area contributed by atoms with Crippen molar-refractivity contribution in [1.29, 1.82) is 0 Å². The number of aliphatic carboxylic acids is 1. The molecule has 1 aliphatic heterocycles. The van der Waals surface area contributed by atoms with Crippen LogP contribution in [0.3, 0.4) is 0 Å². The van der Waals surface area contributed by atoms with Gasteiger partial charge in [-0.25, -0.2) is 0 Å². The largest absolute Gasteiger partial charge is 0.481 e.